The van der Waals surface area contributed by atoms with E-state index < -0.39 is 5.79 Å². The number of anilines is 1. The van der Waals surface area contributed by atoms with Crippen LogP contribution in [0.25, 0.3) is 22.6 Å². The highest BCUT2D eigenvalue weighted by Gasteiger charge is 2.33. The number of aliphatic hydroxyl groups is 2. The molecule has 8 heteroatoms. The van der Waals surface area contributed by atoms with Gasteiger partial charge in [0.1, 0.15) is 5.82 Å². The summed E-state index contributed by atoms with van der Waals surface area (Å²) < 4.78 is 15.3. The third kappa shape index (κ3) is 3.54. The summed E-state index contributed by atoms with van der Waals surface area (Å²) in [5, 5.41) is 19.7. The van der Waals surface area contributed by atoms with Crippen LogP contribution in [-0.4, -0.2) is 35.5 Å². The first kappa shape index (κ1) is 17.6. The van der Waals surface area contributed by atoms with Gasteiger partial charge in [0, 0.05) is 30.6 Å². The molecule has 1 aliphatic rings. The number of hydrogen-bond acceptors (Lipinski definition) is 6. The van der Waals surface area contributed by atoms with Gasteiger partial charge in [0.2, 0.25) is 5.95 Å². The third-order valence-corrected chi connectivity index (χ3v) is 4.98. The summed E-state index contributed by atoms with van der Waals surface area (Å²) in [6, 6.07) is 7.91. The minimum atomic E-state index is -1.61. The number of benzene rings is 1. The van der Waals surface area contributed by atoms with Gasteiger partial charge in [-0.25, -0.2) is 19.3 Å². The fraction of sp³-hybridized carbons (Fsp3) is 0.316. The van der Waals surface area contributed by atoms with E-state index in [9.17, 15) is 14.6 Å². The monoisotopic (exact) mass is 369 g/mol. The van der Waals surface area contributed by atoms with Crippen LogP contribution in [0.2, 0.25) is 0 Å². The van der Waals surface area contributed by atoms with Gasteiger partial charge in [-0.2, -0.15) is 0 Å². The van der Waals surface area contributed by atoms with Crippen molar-refractivity contribution in [1.82, 2.24) is 19.5 Å². The summed E-state index contributed by atoms with van der Waals surface area (Å²) in [5.74, 6) is -1.78. The van der Waals surface area contributed by atoms with Gasteiger partial charge < -0.3 is 20.5 Å². The van der Waals surface area contributed by atoms with Gasteiger partial charge in [-0.15, -0.1) is 0 Å². The molecule has 0 atom stereocenters. The SMILES string of the molecule is Nc1nccc(-c2c(-c3ccc(F)cc3)ncn2C2CCC(O)(O)CC2)n1. The Morgan fingerprint density at radius 2 is 1.78 bits per heavy atom. The molecular weight excluding hydrogens is 349 g/mol. The van der Waals surface area contributed by atoms with Crippen molar-refractivity contribution in [2.75, 3.05) is 5.73 Å². The number of nitrogens with two attached hydrogens (primary N) is 1. The van der Waals surface area contributed by atoms with E-state index >= 15 is 0 Å². The summed E-state index contributed by atoms with van der Waals surface area (Å²) >= 11 is 0. The van der Waals surface area contributed by atoms with Crippen molar-refractivity contribution in [3.05, 3.63) is 48.7 Å². The lowest BCUT2D eigenvalue weighted by molar-refractivity contribution is -0.184. The van der Waals surface area contributed by atoms with E-state index in [4.69, 9.17) is 5.73 Å². The molecule has 1 aromatic carbocycles. The topological polar surface area (TPSA) is 110 Å². The van der Waals surface area contributed by atoms with E-state index in [1.807, 2.05) is 4.57 Å². The van der Waals surface area contributed by atoms with Crippen molar-refractivity contribution in [3.8, 4) is 22.6 Å². The van der Waals surface area contributed by atoms with Gasteiger partial charge in [0.15, 0.2) is 5.79 Å². The molecule has 1 aliphatic carbocycles. The normalized spacial score (nSPS) is 17.1. The Labute approximate surface area is 155 Å². The fourth-order valence-electron chi connectivity index (χ4n) is 3.56. The number of nitrogens with zero attached hydrogens (tertiary/aromatic N) is 4. The molecule has 0 unspecified atom stereocenters. The molecule has 0 saturated heterocycles. The Bertz CT molecular complexity index is 945. The highest BCUT2D eigenvalue weighted by atomic mass is 19.1. The smallest absolute Gasteiger partial charge is 0.220 e. The highest BCUT2D eigenvalue weighted by Crippen LogP contribution is 2.39. The average molecular weight is 369 g/mol. The lowest BCUT2D eigenvalue weighted by Crippen LogP contribution is -2.34. The van der Waals surface area contributed by atoms with Gasteiger partial charge in [-0.3, -0.25) is 0 Å². The molecule has 4 N–H and O–H groups in total. The lowest BCUT2D eigenvalue weighted by atomic mass is 9.90. The van der Waals surface area contributed by atoms with Crippen LogP contribution in [0.5, 0.6) is 0 Å². The number of imidazole rings is 1. The average Bonchev–Trinajstić information content (AvgIpc) is 3.07. The molecule has 2 aromatic heterocycles. The first-order valence-corrected chi connectivity index (χ1v) is 8.79. The van der Waals surface area contributed by atoms with Gasteiger partial charge in [0.25, 0.3) is 0 Å². The van der Waals surface area contributed by atoms with Crippen molar-refractivity contribution >= 4 is 5.95 Å². The molecule has 2 heterocycles. The molecule has 1 fully saturated rings. The standard InChI is InChI=1S/C19H20FN5O2/c20-13-3-1-12(2-4-13)16-17(15-7-10-22-18(21)24-15)25(11-23-16)14-5-8-19(26,27)9-6-14/h1-4,7,10-11,14,26-27H,5-6,8-9H2,(H2,21,22,24). The van der Waals surface area contributed by atoms with Crippen LogP contribution in [0.15, 0.2) is 42.9 Å². The second-order valence-corrected chi connectivity index (χ2v) is 6.87. The molecule has 7 nitrogen and oxygen atoms in total. The van der Waals surface area contributed by atoms with Crippen molar-refractivity contribution in [1.29, 1.82) is 0 Å². The molecule has 4 rings (SSSR count). The molecule has 1 saturated carbocycles. The molecule has 140 valence electrons. The maximum atomic E-state index is 13.3. The van der Waals surface area contributed by atoms with Gasteiger partial charge in [0.05, 0.1) is 23.4 Å². The molecule has 0 radical (unpaired) electrons. The van der Waals surface area contributed by atoms with Crippen molar-refractivity contribution < 1.29 is 14.6 Å². The van der Waals surface area contributed by atoms with Crippen LogP contribution >= 0.6 is 0 Å². The lowest BCUT2D eigenvalue weighted by Gasteiger charge is -2.33. The highest BCUT2D eigenvalue weighted by molar-refractivity contribution is 5.77. The largest absolute Gasteiger partial charge is 0.368 e. The van der Waals surface area contributed by atoms with Gasteiger partial charge in [-0.05, 0) is 43.2 Å². The zero-order valence-electron chi connectivity index (χ0n) is 14.6. The Morgan fingerprint density at radius 3 is 2.44 bits per heavy atom. The van der Waals surface area contributed by atoms with E-state index in [1.54, 1.807) is 30.7 Å². The second kappa shape index (κ2) is 6.71. The van der Waals surface area contributed by atoms with Crippen LogP contribution in [0.1, 0.15) is 31.7 Å². The molecule has 0 spiro atoms. The Morgan fingerprint density at radius 1 is 1.07 bits per heavy atom. The van der Waals surface area contributed by atoms with Gasteiger partial charge in [-0.1, -0.05) is 0 Å². The van der Waals surface area contributed by atoms with Crippen LogP contribution in [0.4, 0.5) is 10.3 Å². The predicted octanol–water partition coefficient (Wildman–Crippen LogP) is 2.52. The number of rotatable bonds is 3. The van der Waals surface area contributed by atoms with E-state index in [0.29, 0.717) is 24.2 Å². The third-order valence-electron chi connectivity index (χ3n) is 4.98. The van der Waals surface area contributed by atoms with Crippen molar-refractivity contribution in [2.45, 2.75) is 37.5 Å². The van der Waals surface area contributed by atoms with Crippen LogP contribution in [0, 0.1) is 5.82 Å². The van der Waals surface area contributed by atoms with E-state index in [1.165, 1.54) is 12.1 Å². The summed E-state index contributed by atoms with van der Waals surface area (Å²) in [6.45, 7) is 0. The molecule has 0 bridgehead atoms. The number of halogens is 1. The zero-order valence-corrected chi connectivity index (χ0v) is 14.6. The zero-order chi connectivity index (χ0) is 19.0. The summed E-state index contributed by atoms with van der Waals surface area (Å²) in [4.78, 5) is 12.8. The van der Waals surface area contributed by atoms with Gasteiger partial charge >= 0.3 is 0 Å². The molecule has 0 amide bonds. The summed E-state index contributed by atoms with van der Waals surface area (Å²) in [7, 11) is 0. The molecule has 3 aromatic rings. The fourth-order valence-corrected chi connectivity index (χ4v) is 3.56. The Hall–Kier alpha value is -2.84. The molecule has 0 aliphatic heterocycles. The molecular formula is C19H20FN5O2. The van der Waals surface area contributed by atoms with E-state index in [-0.39, 0.29) is 30.6 Å². The maximum Gasteiger partial charge on any atom is 0.220 e. The second-order valence-electron chi connectivity index (χ2n) is 6.87. The van der Waals surface area contributed by atoms with Crippen molar-refractivity contribution in [3.63, 3.8) is 0 Å². The van der Waals surface area contributed by atoms with E-state index in [0.717, 1.165) is 11.3 Å². The predicted molar refractivity (Wildman–Crippen MR) is 97.7 cm³/mol. The minimum absolute atomic E-state index is 0.0466. The Balaban J connectivity index is 1.81. The van der Waals surface area contributed by atoms with Crippen LogP contribution in [0.3, 0.4) is 0 Å². The van der Waals surface area contributed by atoms with Crippen LogP contribution < -0.4 is 5.73 Å². The number of nitrogen functional groups attached to an aromatic ring is 1. The van der Waals surface area contributed by atoms with Crippen LogP contribution in [-0.2, 0) is 0 Å². The number of aromatic nitrogens is 4. The summed E-state index contributed by atoms with van der Waals surface area (Å²) in [5.41, 5.74) is 8.56. The van der Waals surface area contributed by atoms with E-state index in [2.05, 4.69) is 15.0 Å². The summed E-state index contributed by atoms with van der Waals surface area (Å²) in [6.07, 6.45) is 5.06. The first-order valence-electron chi connectivity index (χ1n) is 8.79. The Kier molecular flexibility index (Phi) is 4.37. The van der Waals surface area contributed by atoms with Crippen molar-refractivity contribution in [2.24, 2.45) is 0 Å². The molecule has 27 heavy (non-hydrogen) atoms. The quantitative estimate of drug-likeness (QED) is 0.612. The minimum Gasteiger partial charge on any atom is -0.368 e. The first-order chi connectivity index (χ1) is 12.9. The number of hydrogen-bond donors (Lipinski definition) is 3. The maximum absolute atomic E-state index is 13.3.